The van der Waals surface area contributed by atoms with Gasteiger partial charge < -0.3 is 24.8 Å². The Morgan fingerprint density at radius 2 is 1.44 bits per heavy atom. The maximum atomic E-state index is 3.97. The molecule has 2 aliphatic carbocycles. The normalized spacial score (nSPS) is 13.9. The van der Waals surface area contributed by atoms with Crippen molar-refractivity contribution in [3.63, 3.8) is 0 Å². The first-order chi connectivity index (χ1) is 15.8. The average Bonchev–Trinajstić information content (AvgIpc) is 3.37. The van der Waals surface area contributed by atoms with Gasteiger partial charge in [-0.25, -0.2) is 0 Å². The van der Waals surface area contributed by atoms with E-state index in [4.69, 9.17) is 0 Å². The van der Waals surface area contributed by atoms with Crippen molar-refractivity contribution in [2.45, 2.75) is 104 Å². The number of hydrogen-bond acceptors (Lipinski definition) is 0. The predicted molar refractivity (Wildman–Crippen MR) is 148 cm³/mol. The summed E-state index contributed by atoms with van der Waals surface area (Å²) in [5.74, 6) is 0.374. The molecule has 0 saturated heterocycles. The van der Waals surface area contributed by atoms with E-state index in [9.17, 15) is 0 Å². The Morgan fingerprint density at radius 1 is 0.889 bits per heavy atom. The molecular weight excluding hydrogens is 575 g/mol. The molecule has 0 saturated carbocycles. The summed E-state index contributed by atoms with van der Waals surface area (Å²) < 4.78 is 0. The number of rotatable bonds is 3. The molecular formula is C32H43Cl2SiZr-. The number of fused-ring (bicyclic) bond motifs is 3. The maximum absolute atomic E-state index is 3.97. The number of aryl methyl sites for hydroxylation is 1. The molecule has 0 atom stereocenters. The number of benzene rings is 2. The number of allylic oxidation sites excluding steroid dienone is 4. The Hall–Kier alpha value is -0.400. The van der Waals surface area contributed by atoms with Crippen LogP contribution in [0.5, 0.6) is 0 Å². The van der Waals surface area contributed by atoms with Gasteiger partial charge in [0.25, 0.3) is 0 Å². The van der Waals surface area contributed by atoms with Gasteiger partial charge in [0.15, 0.2) is 0 Å². The zero-order valence-corrected chi connectivity index (χ0v) is 28.9. The van der Waals surface area contributed by atoms with Gasteiger partial charge in [0, 0.05) is 0 Å². The molecule has 0 N–H and O–H groups in total. The van der Waals surface area contributed by atoms with Crippen molar-refractivity contribution in [2.75, 3.05) is 0 Å². The summed E-state index contributed by atoms with van der Waals surface area (Å²) in [5, 5.41) is 0. The van der Waals surface area contributed by atoms with E-state index < -0.39 is 0 Å². The van der Waals surface area contributed by atoms with Gasteiger partial charge in [0.1, 0.15) is 0 Å². The number of hydrogen-bond donors (Lipinski definition) is 0. The van der Waals surface area contributed by atoms with Gasteiger partial charge in [-0.3, -0.25) is 0 Å². The van der Waals surface area contributed by atoms with Crippen molar-refractivity contribution in [1.82, 2.24) is 0 Å². The first kappa shape index (κ1) is 33.6. The third kappa shape index (κ3) is 7.16. The second kappa shape index (κ2) is 13.1. The van der Waals surface area contributed by atoms with E-state index in [0.717, 1.165) is 19.3 Å². The molecule has 0 aromatic heterocycles. The molecule has 2 aliphatic rings. The maximum Gasteiger partial charge on any atom is -1.00 e. The van der Waals surface area contributed by atoms with Crippen LogP contribution in [0.15, 0.2) is 36.4 Å². The van der Waals surface area contributed by atoms with Crippen molar-refractivity contribution in [2.24, 2.45) is 0 Å². The van der Waals surface area contributed by atoms with Crippen LogP contribution in [0.2, 0.25) is 13.1 Å². The summed E-state index contributed by atoms with van der Waals surface area (Å²) in [7, 11) is 0. The monoisotopic (exact) mass is 615 g/mol. The van der Waals surface area contributed by atoms with Crippen molar-refractivity contribution < 1.29 is 48.1 Å². The van der Waals surface area contributed by atoms with E-state index in [1.54, 1.807) is 28.9 Å². The van der Waals surface area contributed by atoms with Crippen LogP contribution < -0.4 is 24.8 Å². The molecule has 4 rings (SSSR count). The summed E-state index contributed by atoms with van der Waals surface area (Å²) >= 11 is 1.74. The summed E-state index contributed by atoms with van der Waals surface area (Å²) in [6.07, 6.45) is 12.3. The SMILES string of the molecule is CCc1cc(C(C)(C)C)cc2c1-c1c([c-]c(C(C)(C)C)c(C3C=CC=C3)c1CC)C2.C[Si](C)=[Zr+2].[Cl-].[Cl-]. The van der Waals surface area contributed by atoms with Crippen molar-refractivity contribution in [1.29, 1.82) is 0 Å². The zero-order valence-electron chi connectivity index (χ0n) is 23.9. The second-order valence-corrected chi connectivity index (χ2v) is 21.5. The Kier molecular flexibility index (Phi) is 12.2. The van der Waals surface area contributed by atoms with Crippen molar-refractivity contribution in [3.8, 4) is 11.1 Å². The first-order valence-corrected chi connectivity index (χ1v) is 19.1. The molecule has 0 radical (unpaired) electrons. The molecule has 0 spiro atoms. The third-order valence-corrected chi connectivity index (χ3v) is 6.82. The average molecular weight is 618 g/mol. The molecule has 0 nitrogen and oxygen atoms in total. The molecule has 2 aromatic rings. The van der Waals surface area contributed by atoms with Gasteiger partial charge >= 0.3 is 41.9 Å². The van der Waals surface area contributed by atoms with E-state index in [-0.39, 0.29) is 41.1 Å². The Labute approximate surface area is 249 Å². The van der Waals surface area contributed by atoms with E-state index in [2.05, 4.69) is 111 Å². The van der Waals surface area contributed by atoms with Crippen LogP contribution in [0.4, 0.5) is 0 Å². The molecule has 36 heavy (non-hydrogen) atoms. The number of halogens is 2. The minimum absolute atomic E-state index is 0. The fraction of sp³-hybridized carbons (Fsp3) is 0.500. The van der Waals surface area contributed by atoms with Crippen LogP contribution in [-0.2, 0) is 53.4 Å². The molecule has 0 fully saturated rings. The molecule has 2 aromatic carbocycles. The predicted octanol–water partition coefficient (Wildman–Crippen LogP) is 2.78. The van der Waals surface area contributed by atoms with Crippen LogP contribution in [-0.4, -0.2) is 5.43 Å². The van der Waals surface area contributed by atoms with Crippen molar-refractivity contribution >= 4 is 5.43 Å². The minimum Gasteiger partial charge on any atom is -1.00 e. The smallest absolute Gasteiger partial charge is 1.00 e. The van der Waals surface area contributed by atoms with Gasteiger partial charge in [-0.1, -0.05) is 109 Å². The quantitative estimate of drug-likeness (QED) is 0.314. The fourth-order valence-corrected chi connectivity index (χ4v) is 5.26. The van der Waals surface area contributed by atoms with Crippen molar-refractivity contribution in [3.05, 3.63) is 81.4 Å². The van der Waals surface area contributed by atoms with Gasteiger partial charge in [-0.05, 0) is 40.7 Å². The molecule has 4 heteroatoms. The molecule has 0 aliphatic heterocycles. The molecule has 194 valence electrons. The Balaban J connectivity index is 0.00000101. The fourth-order valence-electron chi connectivity index (χ4n) is 5.26. The van der Waals surface area contributed by atoms with Crippen LogP contribution in [0.1, 0.15) is 100 Å². The van der Waals surface area contributed by atoms with Gasteiger partial charge in [0.05, 0.1) is 0 Å². The van der Waals surface area contributed by atoms with Gasteiger partial charge in [0.2, 0.25) is 0 Å². The third-order valence-electron chi connectivity index (χ3n) is 6.82. The molecule has 0 heterocycles. The molecule has 0 unspecified atom stereocenters. The second-order valence-electron chi connectivity index (χ2n) is 12.1. The largest absolute Gasteiger partial charge is 1.00 e. The zero-order chi connectivity index (χ0) is 25.4. The van der Waals surface area contributed by atoms with Crippen LogP contribution in [0, 0.1) is 6.07 Å². The first-order valence-electron chi connectivity index (χ1n) is 12.9. The van der Waals surface area contributed by atoms with E-state index in [1.807, 2.05) is 0 Å². The Morgan fingerprint density at radius 3 is 1.89 bits per heavy atom. The topological polar surface area (TPSA) is 0 Å². The Bertz CT molecular complexity index is 1140. The van der Waals surface area contributed by atoms with Gasteiger partial charge in [-0.15, -0.1) is 22.3 Å². The van der Waals surface area contributed by atoms with E-state index in [0.29, 0.717) is 5.92 Å². The van der Waals surface area contributed by atoms with Crippen LogP contribution in [0.3, 0.4) is 0 Å². The molecule has 0 amide bonds. The molecule has 0 bridgehead atoms. The van der Waals surface area contributed by atoms with E-state index >= 15 is 0 Å². The summed E-state index contributed by atoms with van der Waals surface area (Å²) in [6, 6.07) is 8.93. The van der Waals surface area contributed by atoms with E-state index in [1.165, 1.54) is 44.5 Å². The minimum atomic E-state index is 0. The van der Waals surface area contributed by atoms with Crippen LogP contribution >= 0.6 is 0 Å². The summed E-state index contributed by atoms with van der Waals surface area (Å²) in [4.78, 5) is 0. The standard InChI is InChI=1S/C30H37.C2H6Si.2ClH.Zr/c1-9-19-16-23(29(3,4)5)17-21-15-22-18-25(30(6,7)8)27(20-13-11-12-14-20)24(10-2)28(22)26(19)21;1-3-2;;;/h11-14,16-17,20H,9-10,15H2,1-8H3;1-2H3;2*1H;/q-1;;;;+2/p-2. The summed E-state index contributed by atoms with van der Waals surface area (Å²) in [6.45, 7) is 23.3. The summed E-state index contributed by atoms with van der Waals surface area (Å²) in [5.41, 5.74) is 13.8. The van der Waals surface area contributed by atoms with Gasteiger partial charge in [-0.2, -0.15) is 11.6 Å². The van der Waals surface area contributed by atoms with Crippen LogP contribution in [0.25, 0.3) is 11.1 Å².